The molecule has 0 aliphatic carbocycles. The van der Waals surface area contributed by atoms with E-state index in [1.54, 1.807) is 66.7 Å². The van der Waals surface area contributed by atoms with Gasteiger partial charge in [-0.1, -0.05) is 67.1 Å². The van der Waals surface area contributed by atoms with E-state index in [4.69, 9.17) is 0 Å². The van der Waals surface area contributed by atoms with Crippen LogP contribution in [0.5, 0.6) is 0 Å². The number of piperidine rings is 1. The van der Waals surface area contributed by atoms with Crippen LogP contribution >= 0.6 is 0 Å². The summed E-state index contributed by atoms with van der Waals surface area (Å²) < 4.78 is 27.6. The lowest BCUT2D eigenvalue weighted by Crippen LogP contribution is -2.35. The van der Waals surface area contributed by atoms with E-state index in [1.165, 1.54) is 21.3 Å². The van der Waals surface area contributed by atoms with Gasteiger partial charge in [0.15, 0.2) is 0 Å². The summed E-state index contributed by atoms with van der Waals surface area (Å²) in [5.74, 6) is -1.84. The monoisotopic (exact) mass is 502 g/mol. The maximum Gasteiger partial charge on any atom is 0.300 e. The number of amides is 1. The Labute approximate surface area is 210 Å². The highest BCUT2D eigenvalue weighted by atomic mass is 32.2. The van der Waals surface area contributed by atoms with Gasteiger partial charge in [-0.3, -0.25) is 14.5 Å². The van der Waals surface area contributed by atoms with Crippen molar-refractivity contribution in [2.75, 3.05) is 18.0 Å². The lowest BCUT2D eigenvalue weighted by molar-refractivity contribution is -0.132. The van der Waals surface area contributed by atoms with Crippen molar-refractivity contribution in [3.8, 4) is 0 Å². The van der Waals surface area contributed by atoms with Crippen molar-refractivity contribution >= 4 is 33.2 Å². The molecule has 1 atom stereocenters. The van der Waals surface area contributed by atoms with Crippen molar-refractivity contribution in [2.45, 2.75) is 30.2 Å². The number of hydrogen-bond donors (Lipinski definition) is 1. The van der Waals surface area contributed by atoms with Crippen LogP contribution in [0.15, 0.2) is 95.4 Å². The number of carbonyl (C=O) groups is 2. The Morgan fingerprint density at radius 2 is 1.36 bits per heavy atom. The van der Waals surface area contributed by atoms with Gasteiger partial charge in [0.05, 0.1) is 16.5 Å². The van der Waals surface area contributed by atoms with Gasteiger partial charge in [0.25, 0.3) is 11.7 Å². The first kappa shape index (κ1) is 24.0. The molecule has 1 N–H and O–H groups in total. The Bertz CT molecular complexity index is 1410. The van der Waals surface area contributed by atoms with E-state index < -0.39 is 27.8 Å². The minimum absolute atomic E-state index is 0.0117. The molecule has 0 radical (unpaired) electrons. The fraction of sp³-hybridized carbons (Fsp3) is 0.214. The molecule has 2 aliphatic heterocycles. The second-order valence-corrected chi connectivity index (χ2v) is 10.8. The molecule has 2 heterocycles. The number of rotatable bonds is 5. The Kier molecular flexibility index (Phi) is 6.47. The van der Waals surface area contributed by atoms with Crippen LogP contribution in [0.25, 0.3) is 5.76 Å². The maximum atomic E-state index is 13.3. The van der Waals surface area contributed by atoms with E-state index in [1.807, 2.05) is 6.07 Å². The zero-order chi connectivity index (χ0) is 25.3. The lowest BCUT2D eigenvalue weighted by Gasteiger charge is -2.27. The Morgan fingerprint density at radius 3 is 1.97 bits per heavy atom. The number of anilines is 1. The normalized spacial score (nSPS) is 20.6. The molecular weight excluding hydrogens is 476 g/mol. The largest absolute Gasteiger partial charge is 0.507 e. The number of aliphatic hydroxyl groups excluding tert-OH is 1. The summed E-state index contributed by atoms with van der Waals surface area (Å²) in [5.41, 5.74) is 1.44. The molecule has 0 bridgehead atoms. The van der Waals surface area contributed by atoms with Gasteiger partial charge < -0.3 is 5.11 Å². The van der Waals surface area contributed by atoms with Crippen LogP contribution in [-0.2, 0) is 19.6 Å². The highest BCUT2D eigenvalue weighted by Crippen LogP contribution is 2.42. The zero-order valence-electron chi connectivity index (χ0n) is 19.6. The van der Waals surface area contributed by atoms with Gasteiger partial charge in [0.1, 0.15) is 5.76 Å². The van der Waals surface area contributed by atoms with Crippen LogP contribution in [-0.4, -0.2) is 42.6 Å². The molecule has 5 rings (SSSR count). The molecule has 2 fully saturated rings. The highest BCUT2D eigenvalue weighted by Gasteiger charge is 2.47. The third-order valence-electron chi connectivity index (χ3n) is 6.67. The van der Waals surface area contributed by atoms with Crippen molar-refractivity contribution in [2.24, 2.45) is 0 Å². The van der Waals surface area contributed by atoms with Gasteiger partial charge in [-0.15, -0.1) is 0 Å². The first-order valence-electron chi connectivity index (χ1n) is 11.9. The van der Waals surface area contributed by atoms with Crippen LogP contribution in [0.1, 0.15) is 36.4 Å². The first-order chi connectivity index (χ1) is 17.4. The van der Waals surface area contributed by atoms with E-state index in [0.717, 1.165) is 19.3 Å². The average Bonchev–Trinajstić information content (AvgIpc) is 3.20. The number of nitrogens with zero attached hydrogens (tertiary/aromatic N) is 2. The van der Waals surface area contributed by atoms with Crippen LogP contribution in [0.4, 0.5) is 5.69 Å². The second kappa shape index (κ2) is 9.72. The second-order valence-electron chi connectivity index (χ2n) is 8.90. The molecule has 0 spiro atoms. The predicted molar refractivity (Wildman–Crippen MR) is 137 cm³/mol. The molecule has 8 heteroatoms. The van der Waals surface area contributed by atoms with Gasteiger partial charge in [0, 0.05) is 24.3 Å². The minimum Gasteiger partial charge on any atom is -0.507 e. The molecular formula is C28H26N2O5S. The third-order valence-corrected chi connectivity index (χ3v) is 8.59. The average molecular weight is 503 g/mol. The van der Waals surface area contributed by atoms with E-state index >= 15 is 0 Å². The van der Waals surface area contributed by atoms with Crippen molar-refractivity contribution < 1.29 is 23.1 Å². The number of aliphatic hydroxyl groups is 1. The quantitative estimate of drug-likeness (QED) is 0.315. The number of ketones is 1. The van der Waals surface area contributed by atoms with E-state index in [9.17, 15) is 23.1 Å². The summed E-state index contributed by atoms with van der Waals surface area (Å²) in [5, 5.41) is 11.1. The molecule has 184 valence electrons. The number of Topliss-reactive ketones (excluding diaryl/α,β-unsaturated/α-hetero) is 1. The van der Waals surface area contributed by atoms with Gasteiger partial charge in [-0.25, -0.2) is 8.42 Å². The van der Waals surface area contributed by atoms with Crippen LogP contribution in [0, 0.1) is 0 Å². The predicted octanol–water partition coefficient (Wildman–Crippen LogP) is 4.49. The van der Waals surface area contributed by atoms with Crippen LogP contribution < -0.4 is 4.90 Å². The molecule has 7 nitrogen and oxygen atoms in total. The molecule has 3 aromatic carbocycles. The van der Waals surface area contributed by atoms with Crippen LogP contribution in [0.2, 0.25) is 0 Å². The van der Waals surface area contributed by atoms with Gasteiger partial charge in [-0.2, -0.15) is 4.31 Å². The molecule has 2 saturated heterocycles. The third kappa shape index (κ3) is 4.23. The molecule has 36 heavy (non-hydrogen) atoms. The summed E-state index contributed by atoms with van der Waals surface area (Å²) >= 11 is 0. The summed E-state index contributed by atoms with van der Waals surface area (Å²) in [4.78, 5) is 27.9. The molecule has 2 aliphatic rings. The fourth-order valence-corrected chi connectivity index (χ4v) is 6.35. The summed E-state index contributed by atoms with van der Waals surface area (Å²) in [6.07, 6.45) is 2.68. The Hall–Kier alpha value is -3.75. The SMILES string of the molecule is O=C1C(=O)N(c2ccc(S(=O)(=O)N3CCCCC3)cc2)[C@H](c2ccccc2)C1=C(O)c1ccccc1. The van der Waals surface area contributed by atoms with Gasteiger partial charge in [-0.05, 0) is 42.7 Å². The summed E-state index contributed by atoms with van der Waals surface area (Å²) in [6.45, 7) is 0.985. The molecule has 1 amide bonds. The molecule has 0 aromatic heterocycles. The molecule has 3 aromatic rings. The fourth-order valence-electron chi connectivity index (χ4n) is 4.83. The van der Waals surface area contributed by atoms with Crippen molar-refractivity contribution in [3.05, 3.63) is 102 Å². The topological polar surface area (TPSA) is 95.0 Å². The Balaban J connectivity index is 1.58. The maximum absolute atomic E-state index is 13.3. The molecule has 0 saturated carbocycles. The van der Waals surface area contributed by atoms with E-state index in [0.29, 0.717) is 29.9 Å². The Morgan fingerprint density at radius 1 is 0.778 bits per heavy atom. The van der Waals surface area contributed by atoms with Crippen molar-refractivity contribution in [1.82, 2.24) is 4.31 Å². The highest BCUT2D eigenvalue weighted by molar-refractivity contribution is 7.89. The number of carbonyl (C=O) groups excluding carboxylic acids is 2. The van der Waals surface area contributed by atoms with E-state index in [2.05, 4.69) is 0 Å². The van der Waals surface area contributed by atoms with Crippen molar-refractivity contribution in [1.29, 1.82) is 0 Å². The van der Waals surface area contributed by atoms with Crippen molar-refractivity contribution in [3.63, 3.8) is 0 Å². The first-order valence-corrected chi connectivity index (χ1v) is 13.3. The number of benzene rings is 3. The standard InChI is InChI=1S/C28H26N2O5S/c31-26(21-12-6-2-7-13-21)24-25(20-10-4-1-5-11-20)30(28(33)27(24)32)22-14-16-23(17-15-22)36(34,35)29-18-8-3-9-19-29/h1-2,4-7,10-17,25,31H,3,8-9,18-19H2/t25-/m1/s1. The zero-order valence-corrected chi connectivity index (χ0v) is 20.4. The smallest absolute Gasteiger partial charge is 0.300 e. The van der Waals surface area contributed by atoms with Gasteiger partial charge in [0.2, 0.25) is 10.0 Å². The molecule has 0 unspecified atom stereocenters. The van der Waals surface area contributed by atoms with E-state index in [-0.39, 0.29) is 16.2 Å². The van der Waals surface area contributed by atoms with Gasteiger partial charge >= 0.3 is 0 Å². The summed E-state index contributed by atoms with van der Waals surface area (Å²) in [6, 6.07) is 22.8. The minimum atomic E-state index is -3.64. The lowest BCUT2D eigenvalue weighted by atomic mass is 9.95. The van der Waals surface area contributed by atoms with Crippen LogP contribution in [0.3, 0.4) is 0 Å². The number of sulfonamides is 1. The summed E-state index contributed by atoms with van der Waals surface area (Å²) in [7, 11) is -3.64. The number of hydrogen-bond acceptors (Lipinski definition) is 5.